The minimum atomic E-state index is -0.574. The summed E-state index contributed by atoms with van der Waals surface area (Å²) in [5.41, 5.74) is 0. The van der Waals surface area contributed by atoms with Crippen LogP contribution in [0.1, 0.15) is 13.3 Å². The van der Waals surface area contributed by atoms with Crippen molar-refractivity contribution in [3.63, 3.8) is 0 Å². The van der Waals surface area contributed by atoms with Crippen LogP contribution >= 0.6 is 0 Å². The van der Waals surface area contributed by atoms with E-state index < -0.39 is 12.2 Å². The quantitative estimate of drug-likeness (QED) is 0.472. The molecule has 48 valence electrons. The van der Waals surface area contributed by atoms with Gasteiger partial charge in [0, 0.05) is 0 Å². The second-order valence-corrected chi connectivity index (χ2v) is 2.10. The Balaban J connectivity index is 3.17. The maximum Gasteiger partial charge on any atom is 0.101 e. The highest BCUT2D eigenvalue weighted by molar-refractivity contribution is 6.08. The Kier molecular flexibility index (Phi) is 3.92. The fraction of sp³-hybridized carbons (Fsp3) is 1.00. The van der Waals surface area contributed by atoms with Gasteiger partial charge in [-0.2, -0.15) is 0 Å². The van der Waals surface area contributed by atoms with Gasteiger partial charge in [-0.1, -0.05) is 6.32 Å². The summed E-state index contributed by atoms with van der Waals surface area (Å²) in [5, 5.41) is 17.6. The van der Waals surface area contributed by atoms with Crippen molar-refractivity contribution in [1.29, 1.82) is 0 Å². The Morgan fingerprint density at radius 1 is 1.50 bits per heavy atom. The maximum atomic E-state index is 8.88. The third kappa shape index (κ3) is 3.05. The largest absolute Gasteiger partial charge is 0.391 e. The number of aliphatic hydroxyl groups is 2. The summed E-state index contributed by atoms with van der Waals surface area (Å²) < 4.78 is 0. The molecule has 0 heterocycles. The molecule has 0 saturated carbocycles. The summed E-state index contributed by atoms with van der Waals surface area (Å²) >= 11 is 0. The van der Waals surface area contributed by atoms with Crippen LogP contribution in [0, 0.1) is 0 Å². The van der Waals surface area contributed by atoms with Crippen LogP contribution in [0.3, 0.4) is 0 Å². The maximum absolute atomic E-state index is 8.88. The normalized spacial score (nSPS) is 17.9. The topological polar surface area (TPSA) is 40.5 Å². The van der Waals surface area contributed by atoms with Crippen molar-refractivity contribution < 1.29 is 10.2 Å². The minimum absolute atomic E-state index is 0.528. The molecule has 0 aliphatic rings. The molecule has 2 atom stereocenters. The number of hydrogen-bond donors (Lipinski definition) is 2. The zero-order chi connectivity index (χ0) is 6.57. The standard InChI is InChI=1S/C5H13BO2/c1-4(7)5(8)2-3-6/h4-5,7-8H,2-3,6H2,1H3. The van der Waals surface area contributed by atoms with E-state index in [-0.39, 0.29) is 0 Å². The van der Waals surface area contributed by atoms with E-state index in [1.807, 2.05) is 7.85 Å². The van der Waals surface area contributed by atoms with E-state index in [1.54, 1.807) is 6.92 Å². The van der Waals surface area contributed by atoms with Gasteiger partial charge in [0.2, 0.25) is 0 Å². The first-order valence-electron chi connectivity index (χ1n) is 3.04. The van der Waals surface area contributed by atoms with Crippen molar-refractivity contribution in [1.82, 2.24) is 0 Å². The summed E-state index contributed by atoms with van der Waals surface area (Å²) in [6.45, 7) is 1.60. The molecular formula is C5H13BO2. The smallest absolute Gasteiger partial charge is 0.101 e. The highest BCUT2D eigenvalue weighted by Gasteiger charge is 2.07. The van der Waals surface area contributed by atoms with Crippen molar-refractivity contribution in [2.24, 2.45) is 0 Å². The lowest BCUT2D eigenvalue weighted by molar-refractivity contribution is 0.0295. The fourth-order valence-corrected chi connectivity index (χ4v) is 0.537. The molecule has 0 bridgehead atoms. The molecule has 0 fully saturated rings. The Morgan fingerprint density at radius 3 is 2.12 bits per heavy atom. The van der Waals surface area contributed by atoms with Gasteiger partial charge in [-0.25, -0.2) is 0 Å². The van der Waals surface area contributed by atoms with Gasteiger partial charge in [0.1, 0.15) is 7.85 Å². The third-order valence-corrected chi connectivity index (χ3v) is 1.14. The van der Waals surface area contributed by atoms with Gasteiger partial charge in [-0.05, 0) is 13.3 Å². The molecule has 3 heteroatoms. The lowest BCUT2D eigenvalue weighted by Gasteiger charge is -2.10. The Hall–Kier alpha value is -0.0151. The zero-order valence-corrected chi connectivity index (χ0v) is 5.46. The van der Waals surface area contributed by atoms with Gasteiger partial charge in [0.05, 0.1) is 12.2 Å². The van der Waals surface area contributed by atoms with Gasteiger partial charge in [-0.3, -0.25) is 0 Å². The zero-order valence-electron chi connectivity index (χ0n) is 5.46. The first kappa shape index (κ1) is 7.98. The summed E-state index contributed by atoms with van der Waals surface area (Å²) in [6.07, 6.45) is 0.513. The highest BCUT2D eigenvalue weighted by atomic mass is 16.3. The van der Waals surface area contributed by atoms with Gasteiger partial charge in [0.25, 0.3) is 0 Å². The van der Waals surface area contributed by atoms with Crippen molar-refractivity contribution in [2.45, 2.75) is 31.9 Å². The molecule has 2 unspecified atom stereocenters. The molecule has 0 aliphatic carbocycles. The van der Waals surface area contributed by atoms with Gasteiger partial charge in [0.15, 0.2) is 0 Å². The second-order valence-electron chi connectivity index (χ2n) is 2.10. The van der Waals surface area contributed by atoms with Crippen LogP contribution in [0.5, 0.6) is 0 Å². The van der Waals surface area contributed by atoms with Crippen LogP contribution in [-0.4, -0.2) is 30.3 Å². The summed E-state index contributed by atoms with van der Waals surface area (Å²) in [5.74, 6) is 0. The van der Waals surface area contributed by atoms with E-state index in [0.717, 1.165) is 6.32 Å². The Bertz CT molecular complexity index is 56.4. The average Bonchev–Trinajstić information content (AvgIpc) is 1.67. The first-order valence-corrected chi connectivity index (χ1v) is 3.04. The van der Waals surface area contributed by atoms with E-state index in [0.29, 0.717) is 6.42 Å². The molecule has 0 aromatic heterocycles. The fourth-order valence-electron chi connectivity index (χ4n) is 0.537. The van der Waals surface area contributed by atoms with Crippen molar-refractivity contribution in [3.05, 3.63) is 0 Å². The van der Waals surface area contributed by atoms with Crippen LogP contribution in [0.4, 0.5) is 0 Å². The van der Waals surface area contributed by atoms with Crippen LogP contribution in [-0.2, 0) is 0 Å². The molecule has 2 N–H and O–H groups in total. The van der Waals surface area contributed by atoms with Crippen LogP contribution in [0.2, 0.25) is 6.32 Å². The SMILES string of the molecule is BCCC(O)C(C)O. The molecule has 0 aromatic rings. The van der Waals surface area contributed by atoms with Crippen LogP contribution < -0.4 is 0 Å². The molecule has 8 heavy (non-hydrogen) atoms. The molecule has 0 radical (unpaired) electrons. The molecular weight excluding hydrogens is 103 g/mol. The van der Waals surface area contributed by atoms with Gasteiger partial charge >= 0.3 is 0 Å². The predicted molar refractivity (Wildman–Crippen MR) is 35.7 cm³/mol. The molecule has 2 nitrogen and oxygen atoms in total. The van der Waals surface area contributed by atoms with Gasteiger partial charge in [-0.15, -0.1) is 0 Å². The number of hydrogen-bond acceptors (Lipinski definition) is 2. The highest BCUT2D eigenvalue weighted by Crippen LogP contribution is 1.99. The van der Waals surface area contributed by atoms with E-state index in [4.69, 9.17) is 10.2 Å². The first-order chi connectivity index (χ1) is 3.68. The van der Waals surface area contributed by atoms with Crippen molar-refractivity contribution >= 4 is 7.85 Å². The number of aliphatic hydroxyl groups excluding tert-OH is 2. The number of rotatable bonds is 3. The Morgan fingerprint density at radius 2 is 2.00 bits per heavy atom. The molecule has 0 aliphatic heterocycles. The van der Waals surface area contributed by atoms with E-state index >= 15 is 0 Å². The van der Waals surface area contributed by atoms with Crippen LogP contribution in [0.25, 0.3) is 0 Å². The third-order valence-electron chi connectivity index (χ3n) is 1.14. The van der Waals surface area contributed by atoms with Crippen molar-refractivity contribution in [3.8, 4) is 0 Å². The lowest BCUT2D eigenvalue weighted by Crippen LogP contribution is -2.21. The monoisotopic (exact) mass is 116 g/mol. The molecule has 0 amide bonds. The molecule has 0 aromatic carbocycles. The second kappa shape index (κ2) is 3.92. The van der Waals surface area contributed by atoms with Crippen molar-refractivity contribution in [2.75, 3.05) is 0 Å². The predicted octanol–water partition coefficient (Wildman–Crippen LogP) is -0.830. The molecule has 0 spiro atoms. The van der Waals surface area contributed by atoms with E-state index in [9.17, 15) is 0 Å². The lowest BCUT2D eigenvalue weighted by atomic mass is 9.97. The minimum Gasteiger partial charge on any atom is -0.391 e. The summed E-state index contributed by atoms with van der Waals surface area (Å²) in [6, 6.07) is 0. The summed E-state index contributed by atoms with van der Waals surface area (Å²) in [4.78, 5) is 0. The van der Waals surface area contributed by atoms with Gasteiger partial charge < -0.3 is 10.2 Å². The molecule has 0 saturated heterocycles. The Labute approximate surface area is 50.9 Å². The van der Waals surface area contributed by atoms with Crippen LogP contribution in [0.15, 0.2) is 0 Å². The van der Waals surface area contributed by atoms with E-state index in [2.05, 4.69) is 0 Å². The summed E-state index contributed by atoms with van der Waals surface area (Å²) in [7, 11) is 1.98. The van der Waals surface area contributed by atoms with E-state index in [1.165, 1.54) is 0 Å². The molecule has 0 rings (SSSR count). The average molecular weight is 116 g/mol.